The highest BCUT2D eigenvalue weighted by Crippen LogP contribution is 2.19. The van der Waals surface area contributed by atoms with Gasteiger partial charge in [0, 0.05) is 5.75 Å². The van der Waals surface area contributed by atoms with E-state index in [0.29, 0.717) is 18.8 Å². The van der Waals surface area contributed by atoms with E-state index in [1.807, 2.05) is 62.4 Å². The van der Waals surface area contributed by atoms with Gasteiger partial charge in [0.2, 0.25) is 0 Å². The predicted molar refractivity (Wildman–Crippen MR) is 115 cm³/mol. The first-order chi connectivity index (χ1) is 14.0. The summed E-state index contributed by atoms with van der Waals surface area (Å²) in [5, 5.41) is 11.7. The summed E-state index contributed by atoms with van der Waals surface area (Å²) in [4.78, 5) is 23.2. The number of carboxylic acids is 1. The maximum Gasteiger partial charge on any atom is 0.408 e. The Morgan fingerprint density at radius 2 is 1.86 bits per heavy atom. The summed E-state index contributed by atoms with van der Waals surface area (Å²) in [6.07, 6.45) is -0.423. The molecule has 0 bridgehead atoms. The van der Waals surface area contributed by atoms with Crippen molar-refractivity contribution in [2.24, 2.45) is 0 Å². The van der Waals surface area contributed by atoms with Crippen molar-refractivity contribution in [3.8, 4) is 5.75 Å². The third-order valence-corrected chi connectivity index (χ3v) is 5.16. The standard InChI is InChI=1S/C22H27NO5S/c1-16-8-9-17(2)20(14-16)27-11-13-29-12-10-19(21(24)25)23-22(26)28-15-18-6-4-3-5-7-18/h3-9,14,19H,10-13,15H2,1-2H3,(H,23,26)(H,24,25). The minimum Gasteiger partial charge on any atom is -0.492 e. The molecule has 0 saturated carbocycles. The van der Waals surface area contributed by atoms with E-state index in [1.165, 1.54) is 0 Å². The van der Waals surface area contributed by atoms with Crippen molar-refractivity contribution in [3.05, 3.63) is 65.2 Å². The van der Waals surface area contributed by atoms with Gasteiger partial charge in [0.05, 0.1) is 6.61 Å². The van der Waals surface area contributed by atoms with E-state index >= 15 is 0 Å². The molecule has 0 fully saturated rings. The molecule has 0 spiro atoms. The number of carbonyl (C=O) groups is 2. The molecule has 2 aromatic carbocycles. The number of thioether (sulfide) groups is 1. The predicted octanol–water partition coefficient (Wildman–Crippen LogP) is 4.19. The summed E-state index contributed by atoms with van der Waals surface area (Å²) in [5.74, 6) is 1.12. The second kappa shape index (κ2) is 12.0. The Hall–Kier alpha value is -2.67. The van der Waals surface area contributed by atoms with Gasteiger partial charge >= 0.3 is 12.1 Å². The summed E-state index contributed by atoms with van der Waals surface area (Å²) < 4.78 is 10.9. The first-order valence-corrected chi connectivity index (χ1v) is 10.6. The molecule has 0 aromatic heterocycles. The molecule has 1 unspecified atom stereocenters. The number of aliphatic carboxylic acids is 1. The zero-order valence-corrected chi connectivity index (χ0v) is 17.5. The van der Waals surface area contributed by atoms with E-state index in [-0.39, 0.29) is 6.61 Å². The summed E-state index contributed by atoms with van der Waals surface area (Å²) in [7, 11) is 0. The van der Waals surface area contributed by atoms with Crippen LogP contribution < -0.4 is 10.1 Å². The minimum absolute atomic E-state index is 0.101. The van der Waals surface area contributed by atoms with Crippen molar-refractivity contribution in [2.45, 2.75) is 32.9 Å². The molecule has 156 valence electrons. The van der Waals surface area contributed by atoms with Gasteiger partial charge in [0.1, 0.15) is 18.4 Å². The molecule has 0 aliphatic heterocycles. The lowest BCUT2D eigenvalue weighted by molar-refractivity contribution is -0.139. The lowest BCUT2D eigenvalue weighted by Crippen LogP contribution is -2.41. The Kier molecular flexibility index (Phi) is 9.37. The molecule has 6 nitrogen and oxygen atoms in total. The average Bonchev–Trinajstić information content (AvgIpc) is 2.71. The van der Waals surface area contributed by atoms with Crippen LogP contribution in [0.5, 0.6) is 5.75 Å². The van der Waals surface area contributed by atoms with Crippen molar-refractivity contribution in [2.75, 3.05) is 18.1 Å². The summed E-state index contributed by atoms with van der Waals surface area (Å²) in [6, 6.07) is 14.3. The van der Waals surface area contributed by atoms with Crippen LogP contribution in [0.25, 0.3) is 0 Å². The lowest BCUT2D eigenvalue weighted by Gasteiger charge is -2.14. The summed E-state index contributed by atoms with van der Waals surface area (Å²) >= 11 is 1.59. The Labute approximate surface area is 175 Å². The number of hydrogen-bond donors (Lipinski definition) is 2. The van der Waals surface area contributed by atoms with Gasteiger partial charge in [-0.05, 0) is 48.8 Å². The van der Waals surface area contributed by atoms with E-state index in [4.69, 9.17) is 9.47 Å². The van der Waals surface area contributed by atoms with Crippen molar-refractivity contribution in [3.63, 3.8) is 0 Å². The first-order valence-electron chi connectivity index (χ1n) is 9.43. The second-order valence-electron chi connectivity index (χ2n) is 6.62. The van der Waals surface area contributed by atoms with Crippen molar-refractivity contribution < 1.29 is 24.2 Å². The van der Waals surface area contributed by atoms with Gasteiger partial charge in [-0.15, -0.1) is 0 Å². The fourth-order valence-electron chi connectivity index (χ4n) is 2.54. The second-order valence-corrected chi connectivity index (χ2v) is 7.84. The van der Waals surface area contributed by atoms with Crippen molar-refractivity contribution in [1.82, 2.24) is 5.32 Å². The number of carboxylic acid groups (broad SMARTS) is 1. The van der Waals surface area contributed by atoms with E-state index in [1.54, 1.807) is 11.8 Å². The highest BCUT2D eigenvalue weighted by molar-refractivity contribution is 7.99. The number of amides is 1. The molecule has 0 aliphatic carbocycles. The minimum atomic E-state index is -1.08. The van der Waals surface area contributed by atoms with Gasteiger partial charge < -0.3 is 19.9 Å². The molecule has 7 heteroatoms. The van der Waals surface area contributed by atoms with Crippen LogP contribution in [0.15, 0.2) is 48.5 Å². The fourth-order valence-corrected chi connectivity index (χ4v) is 3.35. The Morgan fingerprint density at radius 3 is 2.59 bits per heavy atom. The molecule has 0 saturated heterocycles. The van der Waals surface area contributed by atoms with Gasteiger partial charge in [-0.2, -0.15) is 11.8 Å². The monoisotopic (exact) mass is 417 g/mol. The summed E-state index contributed by atoms with van der Waals surface area (Å²) in [6.45, 7) is 4.66. The molecule has 2 aromatic rings. The van der Waals surface area contributed by atoms with Crippen LogP contribution in [0.3, 0.4) is 0 Å². The molecular formula is C22H27NO5S. The zero-order chi connectivity index (χ0) is 21.1. The first kappa shape index (κ1) is 22.6. The topological polar surface area (TPSA) is 84.9 Å². The normalized spacial score (nSPS) is 11.5. The highest BCUT2D eigenvalue weighted by atomic mass is 32.2. The molecule has 2 rings (SSSR count). The molecule has 29 heavy (non-hydrogen) atoms. The quantitative estimate of drug-likeness (QED) is 0.534. The van der Waals surface area contributed by atoms with Crippen molar-refractivity contribution >= 4 is 23.8 Å². The number of hydrogen-bond acceptors (Lipinski definition) is 5. The molecule has 1 atom stereocenters. The largest absolute Gasteiger partial charge is 0.492 e. The maximum atomic E-state index is 11.9. The van der Waals surface area contributed by atoms with E-state index < -0.39 is 18.1 Å². The SMILES string of the molecule is Cc1ccc(C)c(OCCSCCC(NC(=O)OCc2ccccc2)C(=O)O)c1. The molecular weight excluding hydrogens is 390 g/mol. The zero-order valence-electron chi connectivity index (χ0n) is 16.7. The van der Waals surface area contributed by atoms with Gasteiger partial charge in [-0.1, -0.05) is 42.5 Å². The molecule has 0 radical (unpaired) electrons. The number of carbonyl (C=O) groups excluding carboxylic acids is 1. The lowest BCUT2D eigenvalue weighted by atomic mass is 10.1. The Bertz CT molecular complexity index is 797. The van der Waals surface area contributed by atoms with Crippen LogP contribution in [0, 0.1) is 13.8 Å². The van der Waals surface area contributed by atoms with Crippen molar-refractivity contribution in [1.29, 1.82) is 0 Å². The Balaban J connectivity index is 1.65. The van der Waals surface area contributed by atoms with Gasteiger partial charge in [0.15, 0.2) is 0 Å². The van der Waals surface area contributed by atoms with Gasteiger partial charge in [0.25, 0.3) is 0 Å². The van der Waals surface area contributed by atoms with Gasteiger partial charge in [-0.3, -0.25) is 0 Å². The third-order valence-electron chi connectivity index (χ3n) is 4.18. The van der Waals surface area contributed by atoms with E-state index in [9.17, 15) is 14.7 Å². The molecule has 0 heterocycles. The number of ether oxygens (including phenoxy) is 2. The van der Waals surface area contributed by atoms with Crippen LogP contribution in [0.2, 0.25) is 0 Å². The van der Waals surface area contributed by atoms with Crippen LogP contribution in [-0.4, -0.2) is 41.3 Å². The van der Waals surface area contributed by atoms with Crippen LogP contribution in [0.1, 0.15) is 23.1 Å². The number of rotatable bonds is 11. The number of alkyl carbamates (subject to hydrolysis) is 1. The van der Waals surface area contributed by atoms with Gasteiger partial charge in [-0.25, -0.2) is 9.59 Å². The van der Waals surface area contributed by atoms with Crippen LogP contribution in [0.4, 0.5) is 4.79 Å². The Morgan fingerprint density at radius 1 is 1.10 bits per heavy atom. The maximum absolute atomic E-state index is 11.9. The number of benzene rings is 2. The van der Waals surface area contributed by atoms with E-state index in [0.717, 1.165) is 28.2 Å². The third kappa shape index (κ3) is 8.48. The van der Waals surface area contributed by atoms with E-state index in [2.05, 4.69) is 5.32 Å². The summed E-state index contributed by atoms with van der Waals surface area (Å²) in [5.41, 5.74) is 3.08. The van der Waals surface area contributed by atoms with Crippen LogP contribution >= 0.6 is 11.8 Å². The average molecular weight is 418 g/mol. The highest BCUT2D eigenvalue weighted by Gasteiger charge is 2.20. The molecule has 1 amide bonds. The number of nitrogens with one attached hydrogen (secondary N) is 1. The number of aryl methyl sites for hydroxylation is 2. The smallest absolute Gasteiger partial charge is 0.408 e. The van der Waals surface area contributed by atoms with Crippen LogP contribution in [-0.2, 0) is 16.1 Å². The molecule has 2 N–H and O–H groups in total. The fraction of sp³-hybridized carbons (Fsp3) is 0.364. The molecule has 0 aliphatic rings.